The van der Waals surface area contributed by atoms with Gasteiger partial charge in [-0.15, -0.1) is 0 Å². The van der Waals surface area contributed by atoms with E-state index in [1.54, 1.807) is 7.11 Å². The van der Waals surface area contributed by atoms with Gasteiger partial charge in [-0.25, -0.2) is 0 Å². The molecule has 0 N–H and O–H groups in total. The average Bonchev–Trinajstić information content (AvgIpc) is 2.54. The topological polar surface area (TPSA) is 12.5 Å². The molecular formula is C12H29NO. The van der Waals surface area contributed by atoms with Crippen LogP contribution in [-0.2, 0) is 4.74 Å². The molecule has 0 spiro atoms. The van der Waals surface area contributed by atoms with Crippen molar-refractivity contribution < 1.29 is 4.74 Å². The van der Waals surface area contributed by atoms with E-state index in [0.717, 1.165) is 6.61 Å². The maximum Gasteiger partial charge on any atom is 0.0643 e. The minimum absolute atomic E-state index is 0.314. The van der Waals surface area contributed by atoms with Gasteiger partial charge in [-0.1, -0.05) is 27.7 Å². The van der Waals surface area contributed by atoms with E-state index >= 15 is 0 Å². The number of likely N-dealkylation sites (N-methyl/N-ethyl adjacent to an activating group) is 1. The molecule has 2 heteroatoms. The van der Waals surface area contributed by atoms with Crippen molar-refractivity contribution in [2.45, 2.75) is 53.0 Å². The largest absolute Gasteiger partial charge is 0.383 e. The van der Waals surface area contributed by atoms with Crippen molar-refractivity contribution in [3.63, 3.8) is 0 Å². The second kappa shape index (κ2) is 9.47. The summed E-state index contributed by atoms with van der Waals surface area (Å²) < 4.78 is 5.16. The predicted octanol–water partition coefficient (Wildman–Crippen LogP) is 3.17. The van der Waals surface area contributed by atoms with Crippen molar-refractivity contribution >= 4 is 0 Å². The number of hydrogen-bond donors (Lipinski definition) is 0. The Kier molecular flexibility index (Phi) is 11.1. The Bertz CT molecular complexity index is 117. The van der Waals surface area contributed by atoms with Gasteiger partial charge in [-0.2, -0.15) is 0 Å². The van der Waals surface area contributed by atoms with E-state index in [1.807, 2.05) is 27.7 Å². The minimum Gasteiger partial charge on any atom is -0.383 e. The molecule has 1 rings (SSSR count). The molecule has 0 aromatic heterocycles. The first-order valence-electron chi connectivity index (χ1n) is 5.89. The summed E-state index contributed by atoms with van der Waals surface area (Å²) in [6.45, 7) is 12.4. The van der Waals surface area contributed by atoms with Crippen LogP contribution in [0.15, 0.2) is 0 Å². The van der Waals surface area contributed by atoms with Crippen molar-refractivity contribution in [3.8, 4) is 0 Å². The summed E-state index contributed by atoms with van der Waals surface area (Å²) in [6, 6.07) is 0. The minimum atomic E-state index is 0.314. The second-order valence-corrected chi connectivity index (χ2v) is 3.46. The summed E-state index contributed by atoms with van der Waals surface area (Å²) in [6.07, 6.45) is 2.59. The lowest BCUT2D eigenvalue weighted by atomic mass is 10.0. The van der Waals surface area contributed by atoms with Crippen molar-refractivity contribution in [1.29, 1.82) is 0 Å². The van der Waals surface area contributed by atoms with E-state index in [1.165, 1.54) is 19.4 Å². The molecule has 0 bridgehead atoms. The predicted molar refractivity (Wildman–Crippen MR) is 64.8 cm³/mol. The van der Waals surface area contributed by atoms with Gasteiger partial charge in [0.05, 0.1) is 6.61 Å². The molecule has 1 aliphatic heterocycles. The molecule has 0 amide bonds. The number of ether oxygens (including phenoxy) is 1. The highest BCUT2D eigenvalue weighted by Crippen LogP contribution is 2.26. The maximum atomic E-state index is 5.16. The molecule has 1 aliphatic rings. The third kappa shape index (κ3) is 4.97. The highest BCUT2D eigenvalue weighted by atomic mass is 16.5. The molecule has 14 heavy (non-hydrogen) atoms. The average molecular weight is 203 g/mol. The molecule has 0 aliphatic carbocycles. The second-order valence-electron chi connectivity index (χ2n) is 3.46. The van der Waals surface area contributed by atoms with E-state index in [-0.39, 0.29) is 0 Å². The van der Waals surface area contributed by atoms with Gasteiger partial charge in [-0.3, -0.25) is 4.90 Å². The third-order valence-corrected chi connectivity index (χ3v) is 2.59. The van der Waals surface area contributed by atoms with Crippen LogP contribution in [0.25, 0.3) is 0 Å². The first-order chi connectivity index (χ1) is 6.69. The SMILES string of the molecule is CC.CC.COCC1(C)CCCN1C. The Morgan fingerprint density at radius 1 is 1.21 bits per heavy atom. The summed E-state index contributed by atoms with van der Waals surface area (Å²) in [5, 5.41) is 0. The fraction of sp³-hybridized carbons (Fsp3) is 1.00. The molecule has 1 atom stereocenters. The molecule has 1 saturated heterocycles. The van der Waals surface area contributed by atoms with Crippen LogP contribution in [0.2, 0.25) is 0 Å². The monoisotopic (exact) mass is 203 g/mol. The van der Waals surface area contributed by atoms with Gasteiger partial charge in [0, 0.05) is 12.6 Å². The van der Waals surface area contributed by atoms with E-state index in [9.17, 15) is 0 Å². The van der Waals surface area contributed by atoms with E-state index in [4.69, 9.17) is 4.74 Å². The van der Waals surface area contributed by atoms with Crippen LogP contribution in [0.5, 0.6) is 0 Å². The van der Waals surface area contributed by atoms with Crippen LogP contribution in [0.3, 0.4) is 0 Å². The zero-order valence-corrected chi connectivity index (χ0v) is 11.2. The van der Waals surface area contributed by atoms with Crippen molar-refractivity contribution in [1.82, 2.24) is 4.90 Å². The number of rotatable bonds is 2. The smallest absolute Gasteiger partial charge is 0.0643 e. The lowest BCUT2D eigenvalue weighted by Crippen LogP contribution is -2.42. The zero-order valence-electron chi connectivity index (χ0n) is 11.2. The quantitative estimate of drug-likeness (QED) is 0.683. The highest BCUT2D eigenvalue weighted by Gasteiger charge is 2.33. The molecule has 88 valence electrons. The summed E-state index contributed by atoms with van der Waals surface area (Å²) in [7, 11) is 3.95. The number of nitrogens with zero attached hydrogens (tertiary/aromatic N) is 1. The Balaban J connectivity index is 0. The van der Waals surface area contributed by atoms with Gasteiger partial charge >= 0.3 is 0 Å². The van der Waals surface area contributed by atoms with Gasteiger partial charge in [0.1, 0.15) is 0 Å². The standard InChI is InChI=1S/C8H17NO.2C2H6/c1-8(7-10-3)5-4-6-9(8)2;2*1-2/h4-7H2,1-3H3;2*1-2H3. The van der Waals surface area contributed by atoms with Crippen molar-refractivity contribution in [2.75, 3.05) is 27.3 Å². The molecule has 2 nitrogen and oxygen atoms in total. The van der Waals surface area contributed by atoms with Gasteiger partial charge in [-0.05, 0) is 33.4 Å². The van der Waals surface area contributed by atoms with Crippen LogP contribution in [0, 0.1) is 0 Å². The van der Waals surface area contributed by atoms with Crippen molar-refractivity contribution in [2.24, 2.45) is 0 Å². The Morgan fingerprint density at radius 3 is 2.00 bits per heavy atom. The molecule has 0 radical (unpaired) electrons. The van der Waals surface area contributed by atoms with Gasteiger partial charge in [0.2, 0.25) is 0 Å². The summed E-state index contributed by atoms with van der Waals surface area (Å²) in [5.74, 6) is 0. The summed E-state index contributed by atoms with van der Waals surface area (Å²) >= 11 is 0. The van der Waals surface area contributed by atoms with Crippen LogP contribution >= 0.6 is 0 Å². The van der Waals surface area contributed by atoms with Gasteiger partial charge in [0.25, 0.3) is 0 Å². The Hall–Kier alpha value is -0.0800. The van der Waals surface area contributed by atoms with Gasteiger partial charge in [0.15, 0.2) is 0 Å². The number of hydrogen-bond acceptors (Lipinski definition) is 2. The van der Waals surface area contributed by atoms with Crippen LogP contribution in [-0.4, -0.2) is 37.7 Å². The third-order valence-electron chi connectivity index (χ3n) is 2.59. The molecule has 1 fully saturated rings. The molecule has 0 aromatic rings. The molecular weight excluding hydrogens is 174 g/mol. The molecule has 1 heterocycles. The first kappa shape index (κ1) is 16.4. The Morgan fingerprint density at radius 2 is 1.71 bits per heavy atom. The Labute approximate surface area is 90.6 Å². The maximum absolute atomic E-state index is 5.16. The van der Waals surface area contributed by atoms with Crippen LogP contribution in [0.4, 0.5) is 0 Å². The van der Waals surface area contributed by atoms with E-state index < -0.39 is 0 Å². The number of likely N-dealkylation sites (tertiary alicyclic amines) is 1. The van der Waals surface area contributed by atoms with Crippen molar-refractivity contribution in [3.05, 3.63) is 0 Å². The fourth-order valence-electron chi connectivity index (χ4n) is 1.65. The zero-order chi connectivity index (χ0) is 11.6. The fourth-order valence-corrected chi connectivity index (χ4v) is 1.65. The van der Waals surface area contributed by atoms with E-state index in [0.29, 0.717) is 5.54 Å². The van der Waals surface area contributed by atoms with Crippen LogP contribution < -0.4 is 0 Å². The van der Waals surface area contributed by atoms with E-state index in [2.05, 4.69) is 18.9 Å². The first-order valence-corrected chi connectivity index (χ1v) is 5.89. The highest BCUT2D eigenvalue weighted by molar-refractivity contribution is 4.89. The van der Waals surface area contributed by atoms with Gasteiger partial charge < -0.3 is 4.74 Å². The number of methoxy groups -OCH3 is 1. The lowest BCUT2D eigenvalue weighted by molar-refractivity contribution is 0.0659. The molecule has 0 aromatic carbocycles. The normalized spacial score (nSPS) is 25.9. The molecule has 1 unspecified atom stereocenters. The summed E-state index contributed by atoms with van der Waals surface area (Å²) in [4.78, 5) is 2.39. The van der Waals surface area contributed by atoms with Crippen LogP contribution in [0.1, 0.15) is 47.5 Å². The lowest BCUT2D eigenvalue weighted by Gasteiger charge is -2.31. The molecule has 0 saturated carbocycles. The summed E-state index contributed by atoms with van der Waals surface area (Å²) in [5.41, 5.74) is 0.314.